The minimum atomic E-state index is -1.04. The van der Waals surface area contributed by atoms with Crippen LogP contribution in [0, 0.1) is 5.92 Å². The van der Waals surface area contributed by atoms with Gasteiger partial charge in [0.25, 0.3) is 5.91 Å². The lowest BCUT2D eigenvalue weighted by Gasteiger charge is -2.16. The Morgan fingerprint density at radius 2 is 2.14 bits per heavy atom. The van der Waals surface area contributed by atoms with Gasteiger partial charge in [0.15, 0.2) is 5.82 Å². The monoisotopic (exact) mass is 302 g/mol. The van der Waals surface area contributed by atoms with Crippen molar-refractivity contribution in [3.63, 3.8) is 0 Å². The zero-order chi connectivity index (χ0) is 16.1. The molecule has 22 heavy (non-hydrogen) atoms. The molecular formula is C15H18N4O3. The van der Waals surface area contributed by atoms with E-state index in [4.69, 9.17) is 0 Å². The Hall–Kier alpha value is -2.70. The molecule has 0 radical (unpaired) electrons. The second-order valence-corrected chi connectivity index (χ2v) is 5.35. The second kappa shape index (κ2) is 6.84. The summed E-state index contributed by atoms with van der Waals surface area (Å²) >= 11 is 0. The smallest absolute Gasteiger partial charge is 0.326 e. The number of hydrogen-bond donors (Lipinski definition) is 2. The van der Waals surface area contributed by atoms with Crippen LogP contribution in [0.2, 0.25) is 0 Å². The summed E-state index contributed by atoms with van der Waals surface area (Å²) < 4.78 is 1.53. The van der Waals surface area contributed by atoms with Gasteiger partial charge in [0.05, 0.1) is 0 Å². The number of aliphatic carboxylic acids is 1. The number of rotatable bonds is 6. The van der Waals surface area contributed by atoms with E-state index in [2.05, 4.69) is 15.4 Å². The zero-order valence-corrected chi connectivity index (χ0v) is 12.4. The molecule has 0 saturated heterocycles. The summed E-state index contributed by atoms with van der Waals surface area (Å²) in [5, 5.41) is 15.8. The van der Waals surface area contributed by atoms with Gasteiger partial charge in [-0.2, -0.15) is 5.10 Å². The largest absolute Gasteiger partial charge is 0.480 e. The van der Waals surface area contributed by atoms with Gasteiger partial charge in [-0.3, -0.25) is 4.79 Å². The van der Waals surface area contributed by atoms with Crippen molar-refractivity contribution in [3.05, 3.63) is 42.4 Å². The van der Waals surface area contributed by atoms with Gasteiger partial charge in [0.2, 0.25) is 0 Å². The predicted molar refractivity (Wildman–Crippen MR) is 79.7 cm³/mol. The Morgan fingerprint density at radius 3 is 2.73 bits per heavy atom. The Bertz CT molecular complexity index is 653. The summed E-state index contributed by atoms with van der Waals surface area (Å²) in [5.41, 5.74) is 0.343. The number of carboxylic acid groups (broad SMARTS) is 1. The number of nitrogens with one attached hydrogen (secondary N) is 1. The van der Waals surface area contributed by atoms with Crippen LogP contribution in [0.4, 0.5) is 0 Å². The summed E-state index contributed by atoms with van der Waals surface area (Å²) in [6.07, 6.45) is 5.18. The molecule has 2 aromatic heterocycles. The first-order valence-electron chi connectivity index (χ1n) is 6.97. The molecule has 7 heteroatoms. The topological polar surface area (TPSA) is 97.1 Å². The third-order valence-electron chi connectivity index (χ3n) is 3.06. The van der Waals surface area contributed by atoms with Gasteiger partial charge in [-0.15, -0.1) is 0 Å². The highest BCUT2D eigenvalue weighted by Crippen LogP contribution is 2.09. The molecule has 0 fully saturated rings. The lowest BCUT2D eigenvalue weighted by Crippen LogP contribution is -2.41. The van der Waals surface area contributed by atoms with Crippen molar-refractivity contribution >= 4 is 11.9 Å². The maximum atomic E-state index is 12.2. The van der Waals surface area contributed by atoms with Crippen molar-refractivity contribution in [1.82, 2.24) is 20.1 Å². The summed E-state index contributed by atoms with van der Waals surface area (Å²) in [6, 6.07) is 3.94. The first-order valence-corrected chi connectivity index (χ1v) is 6.97. The summed E-state index contributed by atoms with van der Waals surface area (Å²) in [4.78, 5) is 27.6. The molecule has 0 aliphatic heterocycles. The molecule has 1 atom stereocenters. The van der Waals surface area contributed by atoms with E-state index in [1.165, 1.54) is 16.9 Å². The highest BCUT2D eigenvalue weighted by molar-refractivity contribution is 5.96. The molecule has 0 aliphatic rings. The summed E-state index contributed by atoms with van der Waals surface area (Å²) in [7, 11) is 0. The Balaban J connectivity index is 2.15. The van der Waals surface area contributed by atoms with Gasteiger partial charge in [-0.25, -0.2) is 14.5 Å². The van der Waals surface area contributed by atoms with Crippen LogP contribution in [0.3, 0.4) is 0 Å². The van der Waals surface area contributed by atoms with Crippen LogP contribution in [0.25, 0.3) is 5.82 Å². The molecule has 116 valence electrons. The third-order valence-corrected chi connectivity index (χ3v) is 3.06. The van der Waals surface area contributed by atoms with Crippen molar-refractivity contribution in [2.75, 3.05) is 0 Å². The minimum Gasteiger partial charge on any atom is -0.480 e. The summed E-state index contributed by atoms with van der Waals surface area (Å²) in [5.74, 6) is -0.820. The fraction of sp³-hybridized carbons (Fsp3) is 0.333. The number of carbonyl (C=O) groups excluding carboxylic acids is 1. The van der Waals surface area contributed by atoms with E-state index in [1.807, 2.05) is 13.8 Å². The molecule has 0 spiro atoms. The van der Waals surface area contributed by atoms with Crippen LogP contribution >= 0.6 is 0 Å². The molecular weight excluding hydrogens is 284 g/mol. The lowest BCUT2D eigenvalue weighted by atomic mass is 10.0. The van der Waals surface area contributed by atoms with Gasteiger partial charge >= 0.3 is 5.97 Å². The van der Waals surface area contributed by atoms with Crippen molar-refractivity contribution in [2.45, 2.75) is 26.3 Å². The van der Waals surface area contributed by atoms with Gasteiger partial charge in [0, 0.05) is 24.2 Å². The molecule has 2 N–H and O–H groups in total. The molecule has 2 rings (SSSR count). The van der Waals surface area contributed by atoms with E-state index in [-0.39, 0.29) is 5.92 Å². The number of carboxylic acids is 1. The van der Waals surface area contributed by atoms with Gasteiger partial charge in [0.1, 0.15) is 6.04 Å². The van der Waals surface area contributed by atoms with Crippen LogP contribution < -0.4 is 5.32 Å². The first-order chi connectivity index (χ1) is 10.5. The number of amides is 1. The van der Waals surface area contributed by atoms with Crippen LogP contribution in [0.15, 0.2) is 36.8 Å². The van der Waals surface area contributed by atoms with Gasteiger partial charge in [-0.05, 0) is 30.5 Å². The number of nitrogens with zero attached hydrogens (tertiary/aromatic N) is 3. The minimum absolute atomic E-state index is 0.165. The fourth-order valence-corrected chi connectivity index (χ4v) is 2.02. The maximum absolute atomic E-state index is 12.2. The van der Waals surface area contributed by atoms with Crippen molar-refractivity contribution in [3.8, 4) is 5.82 Å². The molecule has 2 heterocycles. The molecule has 0 aliphatic carbocycles. The van der Waals surface area contributed by atoms with E-state index >= 15 is 0 Å². The van der Waals surface area contributed by atoms with Gasteiger partial charge < -0.3 is 10.4 Å². The molecule has 2 aromatic rings. The zero-order valence-electron chi connectivity index (χ0n) is 12.4. The number of carbonyl (C=O) groups is 2. The average molecular weight is 302 g/mol. The van der Waals surface area contributed by atoms with E-state index in [9.17, 15) is 14.7 Å². The normalized spacial score (nSPS) is 12.1. The van der Waals surface area contributed by atoms with Crippen molar-refractivity contribution in [2.24, 2.45) is 5.92 Å². The van der Waals surface area contributed by atoms with Crippen LogP contribution in [0.5, 0.6) is 0 Å². The van der Waals surface area contributed by atoms with E-state index in [0.717, 1.165) is 0 Å². The number of aromatic nitrogens is 3. The SMILES string of the molecule is CC(C)C[C@@H](NC(=O)c1ccnc(-n2cccn2)c1)C(=O)O. The highest BCUT2D eigenvalue weighted by atomic mass is 16.4. The first kappa shape index (κ1) is 15.7. The van der Waals surface area contributed by atoms with Crippen molar-refractivity contribution < 1.29 is 14.7 Å². The Morgan fingerprint density at radius 1 is 1.36 bits per heavy atom. The maximum Gasteiger partial charge on any atom is 0.326 e. The molecule has 0 saturated carbocycles. The highest BCUT2D eigenvalue weighted by Gasteiger charge is 2.22. The molecule has 0 aromatic carbocycles. The molecule has 7 nitrogen and oxygen atoms in total. The predicted octanol–water partition coefficient (Wildman–Crippen LogP) is 1.50. The number of hydrogen-bond acceptors (Lipinski definition) is 4. The lowest BCUT2D eigenvalue weighted by molar-refractivity contribution is -0.139. The Labute approximate surface area is 128 Å². The third kappa shape index (κ3) is 3.91. The Kier molecular flexibility index (Phi) is 4.88. The number of pyridine rings is 1. The quantitative estimate of drug-likeness (QED) is 0.842. The fourth-order valence-electron chi connectivity index (χ4n) is 2.02. The molecule has 1 amide bonds. The van der Waals surface area contributed by atoms with Crippen LogP contribution in [-0.2, 0) is 4.79 Å². The van der Waals surface area contributed by atoms with Crippen molar-refractivity contribution in [1.29, 1.82) is 0 Å². The standard InChI is InChI=1S/C15H18N4O3/c1-10(2)8-12(15(21)22)18-14(20)11-4-6-16-13(9-11)19-7-3-5-17-19/h3-7,9-10,12H,8H2,1-2H3,(H,18,20)(H,21,22)/t12-/m1/s1. The molecule has 0 bridgehead atoms. The van der Waals surface area contributed by atoms with Crippen LogP contribution in [-0.4, -0.2) is 37.8 Å². The summed E-state index contributed by atoms with van der Waals surface area (Å²) in [6.45, 7) is 3.81. The van der Waals surface area contributed by atoms with Crippen LogP contribution in [0.1, 0.15) is 30.6 Å². The van der Waals surface area contributed by atoms with Gasteiger partial charge in [-0.1, -0.05) is 13.8 Å². The second-order valence-electron chi connectivity index (χ2n) is 5.35. The van der Waals surface area contributed by atoms with E-state index < -0.39 is 17.9 Å². The average Bonchev–Trinajstić information content (AvgIpc) is 3.00. The molecule has 0 unspecified atom stereocenters. The van der Waals surface area contributed by atoms with E-state index in [0.29, 0.717) is 17.8 Å². The van der Waals surface area contributed by atoms with E-state index in [1.54, 1.807) is 24.5 Å².